The molecule has 3 aromatic rings. The Morgan fingerprint density at radius 1 is 1.16 bits per heavy atom. The lowest BCUT2D eigenvalue weighted by Gasteiger charge is -2.06. The molecule has 25 heavy (non-hydrogen) atoms. The van der Waals surface area contributed by atoms with E-state index in [4.69, 9.17) is 0 Å². The van der Waals surface area contributed by atoms with Gasteiger partial charge in [-0.2, -0.15) is 0 Å². The van der Waals surface area contributed by atoms with E-state index in [2.05, 4.69) is 10.3 Å². The zero-order valence-electron chi connectivity index (χ0n) is 13.4. The Balaban J connectivity index is 1.61. The third-order valence-electron chi connectivity index (χ3n) is 3.60. The third-order valence-corrected chi connectivity index (χ3v) is 4.37. The van der Waals surface area contributed by atoms with Crippen molar-refractivity contribution < 1.29 is 9.72 Å². The predicted molar refractivity (Wildman–Crippen MR) is 97.7 cm³/mol. The molecule has 6 nitrogen and oxygen atoms in total. The number of aromatic nitrogens is 1. The zero-order chi connectivity index (χ0) is 17.8. The zero-order valence-corrected chi connectivity index (χ0v) is 14.2. The van der Waals surface area contributed by atoms with Crippen molar-refractivity contribution >= 4 is 28.6 Å². The number of nitro groups is 1. The number of nitrogens with one attached hydrogen (secondary N) is 1. The standard InChI is InChI=1S/C18H15N3O3S/c1-12-19-17(11-25-12)14-4-6-15(7-5-14)20-18(22)10-13-2-8-16(9-3-13)21(23)24/h2-9,11H,10H2,1H3,(H,20,22). The van der Waals surface area contributed by atoms with Gasteiger partial charge in [0.15, 0.2) is 0 Å². The van der Waals surface area contributed by atoms with Crippen LogP contribution in [0.5, 0.6) is 0 Å². The molecule has 0 unspecified atom stereocenters. The van der Waals surface area contributed by atoms with Crippen LogP contribution in [0.3, 0.4) is 0 Å². The van der Waals surface area contributed by atoms with Gasteiger partial charge in [0.05, 0.1) is 22.0 Å². The van der Waals surface area contributed by atoms with E-state index in [0.717, 1.165) is 21.8 Å². The van der Waals surface area contributed by atoms with Gasteiger partial charge in [-0.3, -0.25) is 14.9 Å². The summed E-state index contributed by atoms with van der Waals surface area (Å²) >= 11 is 1.60. The number of carbonyl (C=O) groups is 1. The smallest absolute Gasteiger partial charge is 0.269 e. The van der Waals surface area contributed by atoms with Crippen LogP contribution in [0.1, 0.15) is 10.6 Å². The fraction of sp³-hybridized carbons (Fsp3) is 0.111. The second-order valence-corrected chi connectivity index (χ2v) is 6.54. The van der Waals surface area contributed by atoms with Crippen molar-refractivity contribution in [3.8, 4) is 11.3 Å². The van der Waals surface area contributed by atoms with Gasteiger partial charge in [-0.25, -0.2) is 4.98 Å². The van der Waals surface area contributed by atoms with Crippen molar-refractivity contribution in [3.05, 3.63) is 74.6 Å². The van der Waals surface area contributed by atoms with E-state index in [-0.39, 0.29) is 18.0 Å². The Hall–Kier alpha value is -3.06. The molecule has 1 N–H and O–H groups in total. The van der Waals surface area contributed by atoms with Gasteiger partial charge in [0, 0.05) is 28.8 Å². The molecule has 0 radical (unpaired) electrons. The van der Waals surface area contributed by atoms with E-state index < -0.39 is 4.92 Å². The average Bonchev–Trinajstić information content (AvgIpc) is 3.02. The fourth-order valence-electron chi connectivity index (χ4n) is 2.35. The SMILES string of the molecule is Cc1nc(-c2ccc(NC(=O)Cc3ccc([N+](=O)[O-])cc3)cc2)cs1. The highest BCUT2D eigenvalue weighted by molar-refractivity contribution is 7.09. The molecule has 0 aliphatic rings. The van der Waals surface area contributed by atoms with Crippen molar-refractivity contribution in [1.82, 2.24) is 4.98 Å². The second-order valence-electron chi connectivity index (χ2n) is 5.48. The molecule has 0 aliphatic heterocycles. The minimum Gasteiger partial charge on any atom is -0.326 e. The summed E-state index contributed by atoms with van der Waals surface area (Å²) < 4.78 is 0. The van der Waals surface area contributed by atoms with Crippen LogP contribution in [0.15, 0.2) is 53.9 Å². The number of thiazole rings is 1. The molecule has 1 heterocycles. The number of non-ortho nitro benzene ring substituents is 1. The van der Waals surface area contributed by atoms with Gasteiger partial charge < -0.3 is 5.32 Å². The minimum atomic E-state index is -0.463. The van der Waals surface area contributed by atoms with E-state index in [1.165, 1.54) is 12.1 Å². The Morgan fingerprint density at radius 2 is 1.84 bits per heavy atom. The molecule has 7 heteroatoms. The molecular formula is C18H15N3O3S. The number of nitro benzene ring substituents is 1. The molecule has 0 saturated heterocycles. The molecule has 0 fully saturated rings. The summed E-state index contributed by atoms with van der Waals surface area (Å²) in [5.41, 5.74) is 3.35. The molecule has 1 aromatic heterocycles. The Kier molecular flexibility index (Phi) is 4.85. The van der Waals surface area contributed by atoms with Gasteiger partial charge in [-0.15, -0.1) is 11.3 Å². The van der Waals surface area contributed by atoms with E-state index in [1.807, 2.05) is 36.6 Å². The maximum Gasteiger partial charge on any atom is 0.269 e. The molecule has 0 atom stereocenters. The number of carbonyl (C=O) groups excluding carboxylic acids is 1. The fourth-order valence-corrected chi connectivity index (χ4v) is 2.97. The van der Waals surface area contributed by atoms with Crippen LogP contribution in [0.2, 0.25) is 0 Å². The predicted octanol–water partition coefficient (Wildman–Crippen LogP) is 4.21. The molecule has 0 saturated carbocycles. The van der Waals surface area contributed by atoms with Crippen molar-refractivity contribution in [2.75, 3.05) is 5.32 Å². The number of hydrogen-bond acceptors (Lipinski definition) is 5. The van der Waals surface area contributed by atoms with Crippen LogP contribution in [-0.2, 0) is 11.2 Å². The summed E-state index contributed by atoms with van der Waals surface area (Å²) in [6.45, 7) is 1.96. The molecule has 2 aromatic carbocycles. The number of amides is 1. The third kappa shape index (κ3) is 4.27. The first-order valence-electron chi connectivity index (χ1n) is 7.57. The first kappa shape index (κ1) is 16.8. The van der Waals surface area contributed by atoms with E-state index in [1.54, 1.807) is 23.5 Å². The van der Waals surface area contributed by atoms with Crippen LogP contribution in [0.25, 0.3) is 11.3 Å². The normalized spacial score (nSPS) is 10.4. The minimum absolute atomic E-state index is 0.0111. The first-order valence-corrected chi connectivity index (χ1v) is 8.45. The summed E-state index contributed by atoms with van der Waals surface area (Å²) in [6.07, 6.45) is 0.158. The van der Waals surface area contributed by atoms with Gasteiger partial charge >= 0.3 is 0 Å². The molecule has 0 aliphatic carbocycles. The van der Waals surface area contributed by atoms with Crippen molar-refractivity contribution in [2.24, 2.45) is 0 Å². The summed E-state index contributed by atoms with van der Waals surface area (Å²) in [5.74, 6) is -0.175. The van der Waals surface area contributed by atoms with Gasteiger partial charge in [0.25, 0.3) is 5.69 Å². The number of rotatable bonds is 5. The molecule has 1 amide bonds. The summed E-state index contributed by atoms with van der Waals surface area (Å²) in [5, 5.41) is 16.5. The Bertz CT molecular complexity index is 902. The monoisotopic (exact) mass is 353 g/mol. The molecule has 3 rings (SSSR count). The Labute approximate surface area is 148 Å². The maximum atomic E-state index is 12.1. The summed E-state index contributed by atoms with van der Waals surface area (Å²) in [6, 6.07) is 13.5. The summed E-state index contributed by atoms with van der Waals surface area (Å²) in [4.78, 5) is 26.7. The first-order chi connectivity index (χ1) is 12.0. The number of aryl methyl sites for hydroxylation is 1. The molecule has 0 spiro atoms. The van der Waals surface area contributed by atoms with Gasteiger partial charge in [0.1, 0.15) is 0 Å². The van der Waals surface area contributed by atoms with Crippen LogP contribution < -0.4 is 5.32 Å². The topological polar surface area (TPSA) is 85.1 Å². The number of hydrogen-bond donors (Lipinski definition) is 1. The lowest BCUT2D eigenvalue weighted by Crippen LogP contribution is -2.14. The molecule has 126 valence electrons. The highest BCUT2D eigenvalue weighted by Crippen LogP contribution is 2.23. The van der Waals surface area contributed by atoms with Gasteiger partial charge in [-0.05, 0) is 24.6 Å². The quantitative estimate of drug-likeness (QED) is 0.550. The van der Waals surface area contributed by atoms with E-state index >= 15 is 0 Å². The van der Waals surface area contributed by atoms with Crippen LogP contribution in [-0.4, -0.2) is 15.8 Å². The Morgan fingerprint density at radius 3 is 2.40 bits per heavy atom. The number of benzene rings is 2. The van der Waals surface area contributed by atoms with Gasteiger partial charge in [0.2, 0.25) is 5.91 Å². The van der Waals surface area contributed by atoms with Crippen LogP contribution >= 0.6 is 11.3 Å². The van der Waals surface area contributed by atoms with Gasteiger partial charge in [-0.1, -0.05) is 24.3 Å². The van der Waals surface area contributed by atoms with Crippen molar-refractivity contribution in [2.45, 2.75) is 13.3 Å². The second kappa shape index (κ2) is 7.23. The molecule has 0 bridgehead atoms. The lowest BCUT2D eigenvalue weighted by molar-refractivity contribution is -0.384. The maximum absolute atomic E-state index is 12.1. The van der Waals surface area contributed by atoms with E-state index in [9.17, 15) is 14.9 Å². The highest BCUT2D eigenvalue weighted by Gasteiger charge is 2.08. The number of nitrogens with zero attached hydrogens (tertiary/aromatic N) is 2. The largest absolute Gasteiger partial charge is 0.326 e. The molecular weight excluding hydrogens is 338 g/mol. The van der Waals surface area contributed by atoms with Crippen LogP contribution in [0.4, 0.5) is 11.4 Å². The highest BCUT2D eigenvalue weighted by atomic mass is 32.1. The average molecular weight is 353 g/mol. The number of anilines is 1. The van der Waals surface area contributed by atoms with Crippen molar-refractivity contribution in [1.29, 1.82) is 0 Å². The van der Waals surface area contributed by atoms with E-state index in [0.29, 0.717) is 5.69 Å². The lowest BCUT2D eigenvalue weighted by atomic mass is 10.1. The summed E-state index contributed by atoms with van der Waals surface area (Å²) in [7, 11) is 0. The van der Waals surface area contributed by atoms with Crippen LogP contribution in [0, 0.1) is 17.0 Å². The van der Waals surface area contributed by atoms with Crippen molar-refractivity contribution in [3.63, 3.8) is 0 Å².